The molecule has 1 aliphatic heterocycles. The fraction of sp³-hybridized carbons (Fsp3) is 0.588. The van der Waals surface area contributed by atoms with Crippen LogP contribution in [0.3, 0.4) is 0 Å². The summed E-state index contributed by atoms with van der Waals surface area (Å²) in [5.74, 6) is 0.162. The van der Waals surface area contributed by atoms with Gasteiger partial charge in [-0.25, -0.2) is 0 Å². The normalized spacial score (nSPS) is 29.0. The van der Waals surface area contributed by atoms with Crippen molar-refractivity contribution in [3.8, 4) is 0 Å². The van der Waals surface area contributed by atoms with Crippen LogP contribution in [0.25, 0.3) is 0 Å². The third kappa shape index (κ3) is 2.97. The Bertz CT molecular complexity index is 517. The quantitative estimate of drug-likeness (QED) is 0.902. The Morgan fingerprint density at radius 1 is 1.38 bits per heavy atom. The van der Waals surface area contributed by atoms with Gasteiger partial charge in [-0.05, 0) is 37.3 Å². The number of amides is 1. The molecule has 3 unspecified atom stereocenters. The van der Waals surface area contributed by atoms with Crippen molar-refractivity contribution in [1.82, 2.24) is 4.90 Å². The van der Waals surface area contributed by atoms with Crippen LogP contribution < -0.4 is 0 Å². The molecule has 1 aromatic rings. The summed E-state index contributed by atoms with van der Waals surface area (Å²) >= 11 is 0. The number of aryl methyl sites for hydroxylation is 1. The van der Waals surface area contributed by atoms with Gasteiger partial charge in [0.15, 0.2) is 0 Å². The van der Waals surface area contributed by atoms with Gasteiger partial charge in [0.25, 0.3) is 0 Å². The molecule has 1 fully saturated rings. The van der Waals surface area contributed by atoms with Crippen LogP contribution in [0.2, 0.25) is 0 Å². The van der Waals surface area contributed by atoms with E-state index in [1.54, 1.807) is 0 Å². The Kier molecular flexibility index (Phi) is 4.27. The lowest BCUT2D eigenvalue weighted by molar-refractivity contribution is -0.149. The zero-order chi connectivity index (χ0) is 14.8. The van der Waals surface area contributed by atoms with Gasteiger partial charge in [0.1, 0.15) is 0 Å². The van der Waals surface area contributed by atoms with Gasteiger partial charge in [-0.1, -0.05) is 24.3 Å². The van der Waals surface area contributed by atoms with Crippen LogP contribution in [-0.4, -0.2) is 47.8 Å². The number of hydrogen-bond donors (Lipinski definition) is 1. The Morgan fingerprint density at radius 2 is 2.19 bits per heavy atom. The first-order valence-electron chi connectivity index (χ1n) is 7.82. The molecule has 2 aliphatic rings. The van der Waals surface area contributed by atoms with Crippen molar-refractivity contribution in [1.29, 1.82) is 0 Å². The average Bonchev–Trinajstić information content (AvgIpc) is 2.53. The highest BCUT2D eigenvalue weighted by Gasteiger charge is 2.34. The van der Waals surface area contributed by atoms with Crippen molar-refractivity contribution in [3.63, 3.8) is 0 Å². The minimum absolute atomic E-state index is 0.0151. The molecule has 114 valence electrons. The number of nitrogens with zero attached hydrogens (tertiary/aromatic N) is 1. The zero-order valence-corrected chi connectivity index (χ0v) is 12.5. The highest BCUT2D eigenvalue weighted by atomic mass is 16.5. The van der Waals surface area contributed by atoms with E-state index in [0.29, 0.717) is 13.1 Å². The average molecular weight is 289 g/mol. The van der Waals surface area contributed by atoms with E-state index in [-0.39, 0.29) is 30.6 Å². The van der Waals surface area contributed by atoms with E-state index < -0.39 is 0 Å². The molecule has 4 nitrogen and oxygen atoms in total. The number of morpholine rings is 1. The van der Waals surface area contributed by atoms with Crippen LogP contribution in [0.5, 0.6) is 0 Å². The van der Waals surface area contributed by atoms with Gasteiger partial charge in [-0.15, -0.1) is 0 Å². The van der Waals surface area contributed by atoms with E-state index in [4.69, 9.17) is 4.74 Å². The second-order valence-electron chi connectivity index (χ2n) is 6.14. The van der Waals surface area contributed by atoms with E-state index in [9.17, 15) is 9.90 Å². The maximum atomic E-state index is 12.9. The Hall–Kier alpha value is -1.39. The minimum Gasteiger partial charge on any atom is -0.394 e. The molecular weight excluding hydrogens is 266 g/mol. The van der Waals surface area contributed by atoms with E-state index >= 15 is 0 Å². The number of benzene rings is 1. The number of aliphatic hydroxyl groups excluding tert-OH is 1. The van der Waals surface area contributed by atoms with Gasteiger partial charge < -0.3 is 14.7 Å². The lowest BCUT2D eigenvalue weighted by atomic mass is 9.82. The molecule has 3 atom stereocenters. The number of hydrogen-bond acceptors (Lipinski definition) is 3. The molecule has 0 saturated carbocycles. The van der Waals surface area contributed by atoms with E-state index in [1.165, 1.54) is 11.1 Å². The van der Waals surface area contributed by atoms with Gasteiger partial charge >= 0.3 is 0 Å². The summed E-state index contributed by atoms with van der Waals surface area (Å²) < 4.78 is 5.63. The van der Waals surface area contributed by atoms with Crippen molar-refractivity contribution in [3.05, 3.63) is 35.4 Å². The monoisotopic (exact) mass is 289 g/mol. The zero-order valence-electron chi connectivity index (χ0n) is 12.5. The lowest BCUT2D eigenvalue weighted by Crippen LogP contribution is -2.51. The Morgan fingerprint density at radius 3 is 3.00 bits per heavy atom. The largest absolute Gasteiger partial charge is 0.394 e. The molecular formula is C17H23NO3. The predicted molar refractivity (Wildman–Crippen MR) is 80.1 cm³/mol. The fourth-order valence-electron chi connectivity index (χ4n) is 3.56. The molecule has 1 aromatic carbocycles. The Labute approximate surface area is 125 Å². The maximum Gasteiger partial charge on any atom is 0.230 e. The minimum atomic E-state index is -0.253. The number of aliphatic hydroxyl groups is 1. The summed E-state index contributed by atoms with van der Waals surface area (Å²) in [7, 11) is 0. The van der Waals surface area contributed by atoms with Crippen molar-refractivity contribution < 1.29 is 14.6 Å². The Balaban J connectivity index is 1.79. The molecule has 0 spiro atoms. The summed E-state index contributed by atoms with van der Waals surface area (Å²) in [6, 6.07) is 8.28. The number of fused-ring (bicyclic) bond motifs is 1. The second-order valence-corrected chi connectivity index (χ2v) is 6.14. The topological polar surface area (TPSA) is 49.8 Å². The van der Waals surface area contributed by atoms with Crippen molar-refractivity contribution >= 4 is 5.91 Å². The second kappa shape index (κ2) is 6.16. The number of ether oxygens (including phenoxy) is 1. The van der Waals surface area contributed by atoms with Crippen LogP contribution in [0.1, 0.15) is 36.8 Å². The van der Waals surface area contributed by atoms with Crippen molar-refractivity contribution in [2.45, 2.75) is 44.3 Å². The van der Waals surface area contributed by atoms with Crippen molar-refractivity contribution in [2.75, 3.05) is 19.7 Å². The van der Waals surface area contributed by atoms with Crippen LogP contribution >= 0.6 is 0 Å². The van der Waals surface area contributed by atoms with Crippen LogP contribution in [0.4, 0.5) is 0 Å². The predicted octanol–water partition coefficient (Wildman–Crippen LogP) is 1.71. The van der Waals surface area contributed by atoms with Gasteiger partial charge in [-0.2, -0.15) is 0 Å². The standard InChI is InChI=1S/C17H23NO3/c1-12-9-18(10-14(11-19)21-12)17(20)16-8-4-6-13-5-2-3-7-15(13)16/h2-3,5,7,12,14,16,19H,4,6,8-11H2,1H3. The van der Waals surface area contributed by atoms with Gasteiger partial charge in [0, 0.05) is 13.1 Å². The number of carbonyl (C=O) groups is 1. The summed E-state index contributed by atoms with van der Waals surface area (Å²) in [5, 5.41) is 9.31. The molecule has 1 N–H and O–H groups in total. The molecule has 21 heavy (non-hydrogen) atoms. The van der Waals surface area contributed by atoms with Crippen LogP contribution in [0, 0.1) is 0 Å². The van der Waals surface area contributed by atoms with Crippen molar-refractivity contribution in [2.24, 2.45) is 0 Å². The highest BCUT2D eigenvalue weighted by molar-refractivity contribution is 5.84. The fourth-order valence-corrected chi connectivity index (χ4v) is 3.56. The first-order valence-corrected chi connectivity index (χ1v) is 7.82. The molecule has 1 heterocycles. The van der Waals surface area contributed by atoms with Gasteiger partial charge in [0.05, 0.1) is 24.7 Å². The highest BCUT2D eigenvalue weighted by Crippen LogP contribution is 2.33. The smallest absolute Gasteiger partial charge is 0.230 e. The summed E-state index contributed by atoms with van der Waals surface area (Å²) in [6.07, 6.45) is 2.79. The first kappa shape index (κ1) is 14.5. The molecule has 0 aromatic heterocycles. The lowest BCUT2D eigenvalue weighted by Gasteiger charge is -2.38. The third-order valence-corrected chi connectivity index (χ3v) is 4.51. The molecule has 4 heteroatoms. The molecule has 0 bridgehead atoms. The molecule has 1 aliphatic carbocycles. The molecule has 3 rings (SSSR count). The number of rotatable bonds is 2. The molecule has 0 radical (unpaired) electrons. The van der Waals surface area contributed by atoms with Crippen LogP contribution in [0.15, 0.2) is 24.3 Å². The van der Waals surface area contributed by atoms with Gasteiger partial charge in [0.2, 0.25) is 5.91 Å². The maximum absolute atomic E-state index is 12.9. The van der Waals surface area contributed by atoms with E-state index in [1.807, 2.05) is 24.0 Å². The van der Waals surface area contributed by atoms with E-state index in [0.717, 1.165) is 19.3 Å². The number of carbonyl (C=O) groups excluding carboxylic acids is 1. The first-order chi connectivity index (χ1) is 10.2. The third-order valence-electron chi connectivity index (χ3n) is 4.51. The SMILES string of the molecule is CC1CN(C(=O)C2CCCc3ccccc32)CC(CO)O1. The summed E-state index contributed by atoms with van der Waals surface area (Å²) in [4.78, 5) is 14.8. The summed E-state index contributed by atoms with van der Waals surface area (Å²) in [6.45, 7) is 3.04. The van der Waals surface area contributed by atoms with E-state index in [2.05, 4.69) is 12.1 Å². The van der Waals surface area contributed by atoms with Crippen LogP contribution in [-0.2, 0) is 16.0 Å². The molecule has 1 amide bonds. The molecule has 1 saturated heterocycles. The van der Waals surface area contributed by atoms with Gasteiger partial charge in [-0.3, -0.25) is 4.79 Å². The summed E-state index contributed by atoms with van der Waals surface area (Å²) in [5.41, 5.74) is 2.50.